The first-order chi connectivity index (χ1) is 13.2. The van der Waals surface area contributed by atoms with Crippen LogP contribution >= 0.6 is 11.6 Å². The third-order valence-corrected chi connectivity index (χ3v) is 6.23. The smallest absolute Gasteiger partial charge is 0.234 e. The normalized spacial score (nSPS) is 23.7. The van der Waals surface area contributed by atoms with E-state index in [1.54, 1.807) is 0 Å². The molecule has 0 spiro atoms. The van der Waals surface area contributed by atoms with Crippen molar-refractivity contribution in [3.63, 3.8) is 0 Å². The minimum Gasteiger partial charge on any atom is -0.352 e. The zero-order chi connectivity index (χ0) is 18.6. The van der Waals surface area contributed by atoms with Gasteiger partial charge in [-0.25, -0.2) is 0 Å². The van der Waals surface area contributed by atoms with Gasteiger partial charge >= 0.3 is 0 Å². The van der Waals surface area contributed by atoms with Crippen LogP contribution in [-0.2, 0) is 17.9 Å². The lowest BCUT2D eigenvalue weighted by molar-refractivity contribution is -0.123. The molecule has 0 unspecified atom stereocenters. The van der Waals surface area contributed by atoms with Gasteiger partial charge in [0.05, 0.1) is 6.54 Å². The van der Waals surface area contributed by atoms with E-state index >= 15 is 0 Å². The van der Waals surface area contributed by atoms with Crippen LogP contribution in [0, 0.1) is 11.8 Å². The van der Waals surface area contributed by atoms with Crippen molar-refractivity contribution in [2.45, 2.75) is 44.8 Å². The average molecular weight is 383 g/mol. The number of benzene rings is 2. The molecule has 27 heavy (non-hydrogen) atoms. The third kappa shape index (κ3) is 4.91. The van der Waals surface area contributed by atoms with E-state index in [0.29, 0.717) is 25.0 Å². The number of hydrogen-bond acceptors (Lipinski definition) is 2. The van der Waals surface area contributed by atoms with Crippen molar-refractivity contribution in [1.29, 1.82) is 0 Å². The van der Waals surface area contributed by atoms with Gasteiger partial charge in [0.25, 0.3) is 0 Å². The molecule has 2 bridgehead atoms. The SMILES string of the molecule is O=C(CN(Cc1ccccc1)Cc1cccc(Cl)c1)N[C@@H]1C[C@@H]2CC[C@H]1C2. The predicted octanol–water partition coefficient (Wildman–Crippen LogP) is 4.65. The lowest BCUT2D eigenvalue weighted by atomic mass is 9.95. The van der Waals surface area contributed by atoms with Crippen LogP contribution in [0.4, 0.5) is 0 Å². The van der Waals surface area contributed by atoms with Crippen molar-refractivity contribution < 1.29 is 4.79 Å². The lowest BCUT2D eigenvalue weighted by Gasteiger charge is -2.26. The first-order valence-corrected chi connectivity index (χ1v) is 10.3. The number of carbonyl (C=O) groups is 1. The molecule has 0 aromatic heterocycles. The molecule has 0 heterocycles. The van der Waals surface area contributed by atoms with Crippen LogP contribution in [0.15, 0.2) is 54.6 Å². The van der Waals surface area contributed by atoms with E-state index in [2.05, 4.69) is 28.4 Å². The Hall–Kier alpha value is -1.84. The highest BCUT2D eigenvalue weighted by molar-refractivity contribution is 6.30. The van der Waals surface area contributed by atoms with Gasteiger partial charge < -0.3 is 5.32 Å². The summed E-state index contributed by atoms with van der Waals surface area (Å²) in [6.45, 7) is 1.87. The fourth-order valence-electron chi connectivity index (χ4n) is 4.78. The van der Waals surface area contributed by atoms with Crippen LogP contribution in [0.2, 0.25) is 5.02 Å². The van der Waals surface area contributed by atoms with Gasteiger partial charge in [-0.05, 0) is 54.4 Å². The Kier molecular flexibility index (Phi) is 5.80. The summed E-state index contributed by atoms with van der Waals surface area (Å²) in [5, 5.41) is 4.05. The van der Waals surface area contributed by atoms with Gasteiger partial charge in [0, 0.05) is 24.2 Å². The van der Waals surface area contributed by atoms with Gasteiger partial charge in [0.1, 0.15) is 0 Å². The largest absolute Gasteiger partial charge is 0.352 e. The molecular weight excluding hydrogens is 356 g/mol. The van der Waals surface area contributed by atoms with Crippen LogP contribution in [-0.4, -0.2) is 23.4 Å². The van der Waals surface area contributed by atoms with Gasteiger partial charge in [0.15, 0.2) is 0 Å². The fourth-order valence-corrected chi connectivity index (χ4v) is 4.99. The second-order valence-electron chi connectivity index (χ2n) is 8.11. The topological polar surface area (TPSA) is 32.3 Å². The van der Waals surface area contributed by atoms with Crippen LogP contribution < -0.4 is 5.32 Å². The van der Waals surface area contributed by atoms with E-state index in [9.17, 15) is 4.79 Å². The molecule has 0 radical (unpaired) electrons. The average Bonchev–Trinajstić information content (AvgIpc) is 3.25. The predicted molar refractivity (Wildman–Crippen MR) is 109 cm³/mol. The summed E-state index contributed by atoms with van der Waals surface area (Å²) in [5.41, 5.74) is 2.35. The number of nitrogens with zero attached hydrogens (tertiary/aromatic N) is 1. The highest BCUT2D eigenvalue weighted by atomic mass is 35.5. The Morgan fingerprint density at radius 1 is 1.00 bits per heavy atom. The van der Waals surface area contributed by atoms with Crippen molar-refractivity contribution in [2.75, 3.05) is 6.54 Å². The summed E-state index contributed by atoms with van der Waals surface area (Å²) < 4.78 is 0. The first kappa shape index (κ1) is 18.5. The molecule has 142 valence electrons. The van der Waals surface area contributed by atoms with Gasteiger partial charge in [0.2, 0.25) is 5.91 Å². The lowest BCUT2D eigenvalue weighted by Crippen LogP contribution is -2.43. The summed E-state index contributed by atoms with van der Waals surface area (Å²) in [6.07, 6.45) is 5.11. The van der Waals surface area contributed by atoms with Crippen molar-refractivity contribution in [1.82, 2.24) is 10.2 Å². The fraction of sp³-hybridized carbons (Fsp3) is 0.435. The van der Waals surface area contributed by atoms with Crippen molar-refractivity contribution in [2.24, 2.45) is 11.8 Å². The highest BCUT2D eigenvalue weighted by Gasteiger charge is 2.40. The molecule has 2 aliphatic rings. The number of carbonyl (C=O) groups excluding carboxylic acids is 1. The highest BCUT2D eigenvalue weighted by Crippen LogP contribution is 2.44. The molecule has 2 fully saturated rings. The minimum atomic E-state index is 0.144. The summed E-state index contributed by atoms with van der Waals surface area (Å²) >= 11 is 6.15. The molecule has 2 aromatic rings. The third-order valence-electron chi connectivity index (χ3n) is 6.00. The Balaban J connectivity index is 1.41. The zero-order valence-corrected chi connectivity index (χ0v) is 16.4. The molecule has 3 atom stereocenters. The molecular formula is C23H27ClN2O. The number of hydrogen-bond donors (Lipinski definition) is 1. The number of nitrogens with one attached hydrogen (secondary N) is 1. The Morgan fingerprint density at radius 2 is 1.78 bits per heavy atom. The Morgan fingerprint density at radius 3 is 2.48 bits per heavy atom. The summed E-state index contributed by atoms with van der Waals surface area (Å²) in [6, 6.07) is 18.6. The van der Waals surface area contributed by atoms with Crippen LogP contribution in [0.1, 0.15) is 36.8 Å². The molecule has 2 aliphatic carbocycles. The van der Waals surface area contributed by atoms with E-state index in [4.69, 9.17) is 11.6 Å². The van der Waals surface area contributed by atoms with Gasteiger partial charge in [-0.1, -0.05) is 60.5 Å². The second-order valence-corrected chi connectivity index (χ2v) is 8.55. The Labute approximate surface area is 166 Å². The van der Waals surface area contributed by atoms with Gasteiger partial charge in [-0.3, -0.25) is 9.69 Å². The van der Waals surface area contributed by atoms with Crippen molar-refractivity contribution in [3.05, 3.63) is 70.7 Å². The van der Waals surface area contributed by atoms with Crippen LogP contribution in [0.5, 0.6) is 0 Å². The number of halogens is 1. The maximum absolute atomic E-state index is 12.8. The quantitative estimate of drug-likeness (QED) is 0.756. The number of rotatable bonds is 7. The monoisotopic (exact) mass is 382 g/mol. The van der Waals surface area contributed by atoms with Crippen LogP contribution in [0.3, 0.4) is 0 Å². The summed E-state index contributed by atoms with van der Waals surface area (Å²) in [4.78, 5) is 15.0. The summed E-state index contributed by atoms with van der Waals surface area (Å²) in [5.74, 6) is 1.69. The van der Waals surface area contributed by atoms with Crippen molar-refractivity contribution >= 4 is 17.5 Å². The summed E-state index contributed by atoms with van der Waals surface area (Å²) in [7, 11) is 0. The molecule has 2 aromatic carbocycles. The number of amides is 1. The molecule has 0 saturated heterocycles. The first-order valence-electron chi connectivity index (χ1n) is 9.96. The van der Waals surface area contributed by atoms with Crippen LogP contribution in [0.25, 0.3) is 0 Å². The minimum absolute atomic E-state index is 0.144. The molecule has 0 aliphatic heterocycles. The zero-order valence-electron chi connectivity index (χ0n) is 15.6. The standard InChI is InChI=1S/C23H27ClN2O/c24-21-8-4-7-19(12-21)15-26(14-17-5-2-1-3-6-17)16-23(27)25-22-13-18-9-10-20(22)11-18/h1-8,12,18,20,22H,9-11,13-16H2,(H,25,27)/t18-,20+,22-/m1/s1. The molecule has 1 amide bonds. The van der Waals surface area contributed by atoms with E-state index in [1.165, 1.54) is 31.2 Å². The van der Waals surface area contributed by atoms with E-state index in [1.807, 2.05) is 36.4 Å². The van der Waals surface area contributed by atoms with Crippen molar-refractivity contribution in [3.8, 4) is 0 Å². The molecule has 1 N–H and O–H groups in total. The molecule has 4 heteroatoms. The van der Waals surface area contributed by atoms with Gasteiger partial charge in [-0.15, -0.1) is 0 Å². The Bertz CT molecular complexity index is 779. The number of fused-ring (bicyclic) bond motifs is 2. The van der Waals surface area contributed by atoms with E-state index < -0.39 is 0 Å². The van der Waals surface area contributed by atoms with E-state index in [0.717, 1.165) is 23.0 Å². The molecule has 4 rings (SSSR count). The molecule has 3 nitrogen and oxygen atoms in total. The molecule has 2 saturated carbocycles. The van der Waals surface area contributed by atoms with Gasteiger partial charge in [-0.2, -0.15) is 0 Å². The second kappa shape index (κ2) is 8.45. The maximum atomic E-state index is 12.8. The van der Waals surface area contributed by atoms with E-state index in [-0.39, 0.29) is 5.91 Å². The maximum Gasteiger partial charge on any atom is 0.234 e.